The number of nitrogens with one attached hydrogen (secondary N) is 3. The van der Waals surface area contributed by atoms with Gasteiger partial charge in [0, 0.05) is 31.2 Å². The molecule has 6 nitrogen and oxygen atoms in total. The third kappa shape index (κ3) is 5.89. The van der Waals surface area contributed by atoms with Gasteiger partial charge in [-0.3, -0.25) is 4.99 Å². The van der Waals surface area contributed by atoms with Crippen molar-refractivity contribution in [2.75, 3.05) is 25.5 Å². The van der Waals surface area contributed by atoms with E-state index in [1.54, 1.807) is 18.4 Å². The van der Waals surface area contributed by atoms with Crippen LogP contribution in [0.3, 0.4) is 0 Å². The third-order valence-electron chi connectivity index (χ3n) is 3.19. The Hall–Kier alpha value is -2.36. The van der Waals surface area contributed by atoms with E-state index in [9.17, 15) is 13.2 Å². The van der Waals surface area contributed by atoms with Gasteiger partial charge in [0.25, 0.3) is 0 Å². The van der Waals surface area contributed by atoms with Crippen molar-refractivity contribution in [1.29, 1.82) is 0 Å². The topological polar surface area (TPSA) is 74.2 Å². The summed E-state index contributed by atoms with van der Waals surface area (Å²) in [5.74, 6) is 0.541. The molecule has 0 aliphatic rings. The molecule has 0 spiro atoms. The van der Waals surface area contributed by atoms with Gasteiger partial charge in [0.15, 0.2) is 5.96 Å². The van der Waals surface area contributed by atoms with Gasteiger partial charge in [0.1, 0.15) is 5.69 Å². The molecular weight excluding hydrogens is 353 g/mol. The van der Waals surface area contributed by atoms with E-state index in [0.29, 0.717) is 19.0 Å². The lowest BCUT2D eigenvalue weighted by Crippen LogP contribution is -2.40. The predicted octanol–water partition coefficient (Wildman–Crippen LogP) is 2.90. The molecule has 0 saturated heterocycles. The number of aromatic nitrogens is 2. The minimum atomic E-state index is -4.48. The van der Waals surface area contributed by atoms with Crippen molar-refractivity contribution in [1.82, 2.24) is 20.6 Å². The lowest BCUT2D eigenvalue weighted by Gasteiger charge is -2.17. The third-order valence-corrected chi connectivity index (χ3v) is 4.25. The predicted molar refractivity (Wildman–Crippen MR) is 92.8 cm³/mol. The Labute approximate surface area is 147 Å². The molecule has 10 heteroatoms. The molecule has 2 heterocycles. The smallest absolute Gasteiger partial charge is 0.355 e. The zero-order valence-corrected chi connectivity index (χ0v) is 14.6. The van der Waals surface area contributed by atoms with Gasteiger partial charge in [-0.05, 0) is 24.4 Å². The molecule has 0 radical (unpaired) electrons. The van der Waals surface area contributed by atoms with E-state index in [4.69, 9.17) is 0 Å². The fraction of sp³-hybridized carbons (Fsp3) is 0.400. The molecule has 1 atom stereocenters. The van der Waals surface area contributed by atoms with Crippen LogP contribution < -0.4 is 16.0 Å². The molecule has 3 N–H and O–H groups in total. The molecule has 0 aliphatic carbocycles. The number of hydrogen-bond donors (Lipinski definition) is 3. The number of aliphatic imine (C=N–C) groups is 1. The van der Waals surface area contributed by atoms with Crippen molar-refractivity contribution in [2.45, 2.75) is 19.1 Å². The summed E-state index contributed by atoms with van der Waals surface area (Å²) in [5.41, 5.74) is -0.972. The van der Waals surface area contributed by atoms with Gasteiger partial charge in [-0.25, -0.2) is 9.97 Å². The van der Waals surface area contributed by atoms with Crippen LogP contribution >= 0.6 is 11.3 Å². The van der Waals surface area contributed by atoms with Crippen LogP contribution in [-0.4, -0.2) is 36.1 Å². The van der Waals surface area contributed by atoms with Crippen LogP contribution in [0.25, 0.3) is 0 Å². The van der Waals surface area contributed by atoms with Crippen molar-refractivity contribution >= 4 is 23.2 Å². The lowest BCUT2D eigenvalue weighted by atomic mass is 10.3. The van der Waals surface area contributed by atoms with Crippen molar-refractivity contribution < 1.29 is 13.2 Å². The molecule has 0 aromatic carbocycles. The highest BCUT2D eigenvalue weighted by Crippen LogP contribution is 2.27. The van der Waals surface area contributed by atoms with Crippen LogP contribution in [0, 0.1) is 0 Å². The SMILES string of the molecule is CN=C(NCCNc1nccc(C(F)(F)F)n1)NC(C)c1cccs1. The molecule has 25 heavy (non-hydrogen) atoms. The molecule has 136 valence electrons. The van der Waals surface area contributed by atoms with Gasteiger partial charge in [-0.15, -0.1) is 11.3 Å². The van der Waals surface area contributed by atoms with E-state index in [0.717, 1.165) is 12.3 Å². The lowest BCUT2D eigenvalue weighted by molar-refractivity contribution is -0.141. The normalized spacial score (nSPS) is 13.4. The van der Waals surface area contributed by atoms with E-state index in [1.165, 1.54) is 4.88 Å². The largest absolute Gasteiger partial charge is 0.433 e. The second-order valence-electron chi connectivity index (χ2n) is 5.07. The van der Waals surface area contributed by atoms with Gasteiger partial charge >= 0.3 is 6.18 Å². The first kappa shape index (κ1) is 19.0. The van der Waals surface area contributed by atoms with Gasteiger partial charge in [0.05, 0.1) is 6.04 Å². The van der Waals surface area contributed by atoms with E-state index >= 15 is 0 Å². The number of hydrogen-bond acceptors (Lipinski definition) is 5. The van der Waals surface area contributed by atoms with Crippen molar-refractivity contribution in [3.05, 3.63) is 40.3 Å². The Balaban J connectivity index is 1.78. The Bertz CT molecular complexity index is 687. The molecule has 2 aromatic rings. The second-order valence-corrected chi connectivity index (χ2v) is 6.05. The van der Waals surface area contributed by atoms with Crippen LogP contribution in [0.1, 0.15) is 23.5 Å². The second kappa shape index (κ2) is 8.65. The van der Waals surface area contributed by atoms with E-state index in [2.05, 4.69) is 30.9 Å². The fourth-order valence-electron chi connectivity index (χ4n) is 1.97. The maximum absolute atomic E-state index is 12.6. The van der Waals surface area contributed by atoms with Gasteiger partial charge in [-0.1, -0.05) is 6.07 Å². The maximum Gasteiger partial charge on any atom is 0.433 e. The summed E-state index contributed by atoms with van der Waals surface area (Å²) < 4.78 is 37.8. The molecule has 2 aromatic heterocycles. The molecule has 1 unspecified atom stereocenters. The quantitative estimate of drug-likeness (QED) is 0.413. The Morgan fingerprint density at radius 3 is 2.76 bits per heavy atom. The molecule has 0 bridgehead atoms. The van der Waals surface area contributed by atoms with Gasteiger partial charge < -0.3 is 16.0 Å². The highest BCUT2D eigenvalue weighted by molar-refractivity contribution is 7.10. The minimum absolute atomic E-state index is 0.0634. The highest BCUT2D eigenvalue weighted by Gasteiger charge is 2.32. The summed E-state index contributed by atoms with van der Waals surface area (Å²) in [5, 5.41) is 11.1. The Kier molecular flexibility index (Phi) is 6.57. The van der Waals surface area contributed by atoms with E-state index in [-0.39, 0.29) is 12.0 Å². The van der Waals surface area contributed by atoms with E-state index < -0.39 is 11.9 Å². The molecule has 0 saturated carbocycles. The number of anilines is 1. The van der Waals surface area contributed by atoms with Crippen molar-refractivity contribution in [3.63, 3.8) is 0 Å². The average Bonchev–Trinajstić information content (AvgIpc) is 3.11. The molecule has 0 amide bonds. The summed E-state index contributed by atoms with van der Waals surface area (Å²) in [6, 6.07) is 4.95. The first-order valence-corrected chi connectivity index (χ1v) is 8.43. The molecule has 2 rings (SSSR count). The summed E-state index contributed by atoms with van der Waals surface area (Å²) in [6.45, 7) is 2.80. The van der Waals surface area contributed by atoms with Gasteiger partial charge in [0.2, 0.25) is 5.95 Å². The standard InChI is InChI=1S/C15H19F3N6S/c1-10(11-4-3-9-25-11)23-13(19-2)21-7-8-22-14-20-6-5-12(24-14)15(16,17)18/h3-6,9-10H,7-8H2,1-2H3,(H2,19,21,23)(H,20,22,24). The summed E-state index contributed by atoms with van der Waals surface area (Å²) in [6.07, 6.45) is -3.41. The van der Waals surface area contributed by atoms with Crippen LogP contribution in [0.15, 0.2) is 34.8 Å². The van der Waals surface area contributed by atoms with Gasteiger partial charge in [-0.2, -0.15) is 13.2 Å². The molecule has 0 fully saturated rings. The monoisotopic (exact) mass is 372 g/mol. The van der Waals surface area contributed by atoms with Crippen molar-refractivity contribution in [2.24, 2.45) is 4.99 Å². The Morgan fingerprint density at radius 1 is 1.32 bits per heavy atom. The first-order chi connectivity index (χ1) is 11.9. The van der Waals surface area contributed by atoms with Crippen LogP contribution in [-0.2, 0) is 6.18 Å². The number of thiophene rings is 1. The summed E-state index contributed by atoms with van der Waals surface area (Å²) >= 11 is 1.65. The van der Waals surface area contributed by atoms with Crippen LogP contribution in [0.5, 0.6) is 0 Å². The number of guanidine groups is 1. The number of halogens is 3. The zero-order valence-electron chi connectivity index (χ0n) is 13.8. The van der Waals surface area contributed by atoms with Crippen LogP contribution in [0.2, 0.25) is 0 Å². The maximum atomic E-state index is 12.6. The number of alkyl halides is 3. The van der Waals surface area contributed by atoms with E-state index in [1.807, 2.05) is 24.4 Å². The number of rotatable bonds is 6. The summed E-state index contributed by atoms with van der Waals surface area (Å²) in [7, 11) is 1.65. The van der Waals surface area contributed by atoms with Crippen molar-refractivity contribution in [3.8, 4) is 0 Å². The summed E-state index contributed by atoms with van der Waals surface area (Å²) in [4.78, 5) is 12.5. The average molecular weight is 372 g/mol. The zero-order chi connectivity index (χ0) is 18.3. The first-order valence-electron chi connectivity index (χ1n) is 7.55. The fourth-order valence-corrected chi connectivity index (χ4v) is 2.70. The minimum Gasteiger partial charge on any atom is -0.355 e. The Morgan fingerprint density at radius 2 is 2.12 bits per heavy atom. The molecular formula is C15H19F3N6S. The number of nitrogens with zero attached hydrogens (tertiary/aromatic N) is 3. The molecule has 0 aliphatic heterocycles. The highest BCUT2D eigenvalue weighted by atomic mass is 32.1. The van der Waals surface area contributed by atoms with Crippen LogP contribution in [0.4, 0.5) is 19.1 Å².